The van der Waals surface area contributed by atoms with Crippen LogP contribution in [0.3, 0.4) is 0 Å². The van der Waals surface area contributed by atoms with Gasteiger partial charge in [0.2, 0.25) is 5.91 Å². The molecule has 0 aliphatic carbocycles. The molecule has 7 heteroatoms. The number of nitrogens with zero attached hydrogens (tertiary/aromatic N) is 2. The van der Waals surface area contributed by atoms with Crippen molar-refractivity contribution in [2.24, 2.45) is 0 Å². The second-order valence-electron chi connectivity index (χ2n) is 5.92. The maximum absolute atomic E-state index is 12.6. The molecule has 0 radical (unpaired) electrons. The van der Waals surface area contributed by atoms with Gasteiger partial charge in [0.05, 0.1) is 22.2 Å². The lowest BCUT2D eigenvalue weighted by Gasteiger charge is -2.28. The van der Waals surface area contributed by atoms with Crippen LogP contribution in [0.5, 0.6) is 0 Å². The first kappa shape index (κ1) is 17.0. The monoisotopic (exact) mass is 355 g/mol. The Morgan fingerprint density at radius 2 is 2.00 bits per heavy atom. The van der Waals surface area contributed by atoms with Crippen molar-refractivity contribution >= 4 is 21.6 Å². The quantitative estimate of drug-likeness (QED) is 0.914. The summed E-state index contributed by atoms with van der Waals surface area (Å²) < 4.78 is 27.7. The van der Waals surface area contributed by atoms with Crippen LogP contribution in [0.25, 0.3) is 0 Å². The van der Waals surface area contributed by atoms with Crippen molar-refractivity contribution in [2.45, 2.75) is 24.8 Å². The van der Waals surface area contributed by atoms with Crippen LogP contribution in [0.4, 0.5) is 5.69 Å². The molecule has 1 N–H and O–H groups in total. The lowest BCUT2D eigenvalue weighted by molar-refractivity contribution is -0.129. The zero-order valence-electron chi connectivity index (χ0n) is 13.7. The van der Waals surface area contributed by atoms with Gasteiger partial charge in [-0.05, 0) is 47.9 Å². The van der Waals surface area contributed by atoms with Gasteiger partial charge in [0.25, 0.3) is 10.0 Å². The van der Waals surface area contributed by atoms with Gasteiger partial charge < -0.3 is 4.90 Å². The van der Waals surface area contributed by atoms with Gasteiger partial charge in [-0.25, -0.2) is 8.42 Å². The van der Waals surface area contributed by atoms with E-state index in [4.69, 9.17) is 5.26 Å². The number of nitrogens with one attached hydrogen (secondary N) is 1. The van der Waals surface area contributed by atoms with Crippen LogP contribution in [-0.2, 0) is 27.8 Å². The largest absolute Gasteiger partial charge is 0.338 e. The summed E-state index contributed by atoms with van der Waals surface area (Å²) in [6.07, 6.45) is 0.715. The van der Waals surface area contributed by atoms with Crippen molar-refractivity contribution < 1.29 is 13.2 Å². The Hall–Kier alpha value is -2.85. The Balaban J connectivity index is 1.89. The summed E-state index contributed by atoms with van der Waals surface area (Å²) in [6.45, 7) is 2.57. The summed E-state index contributed by atoms with van der Waals surface area (Å²) >= 11 is 0. The average Bonchev–Trinajstić information content (AvgIpc) is 2.60. The highest BCUT2D eigenvalue weighted by Gasteiger charge is 2.21. The molecule has 128 valence electrons. The molecule has 0 spiro atoms. The van der Waals surface area contributed by atoms with Crippen LogP contribution < -0.4 is 4.72 Å². The molecule has 1 aliphatic heterocycles. The van der Waals surface area contributed by atoms with Gasteiger partial charge in [-0.15, -0.1) is 0 Å². The zero-order valence-corrected chi connectivity index (χ0v) is 14.5. The molecule has 1 heterocycles. The van der Waals surface area contributed by atoms with Crippen LogP contribution in [0, 0.1) is 11.3 Å². The average molecular weight is 355 g/mol. The van der Waals surface area contributed by atoms with E-state index in [1.165, 1.54) is 13.0 Å². The molecule has 0 unspecified atom stereocenters. The maximum atomic E-state index is 12.6. The van der Waals surface area contributed by atoms with Gasteiger partial charge in [-0.2, -0.15) is 5.26 Å². The predicted octanol–water partition coefficient (Wildman–Crippen LogP) is 2.26. The number of rotatable bonds is 3. The normalized spacial score (nSPS) is 13.7. The third kappa shape index (κ3) is 3.64. The first-order valence-electron chi connectivity index (χ1n) is 7.79. The van der Waals surface area contributed by atoms with E-state index in [2.05, 4.69) is 4.72 Å². The van der Waals surface area contributed by atoms with E-state index in [0.29, 0.717) is 30.8 Å². The van der Waals surface area contributed by atoms with Crippen LogP contribution in [0.1, 0.15) is 23.6 Å². The number of nitriles is 1. The minimum Gasteiger partial charge on any atom is -0.338 e. The van der Waals surface area contributed by atoms with E-state index in [0.717, 1.165) is 11.1 Å². The molecule has 25 heavy (non-hydrogen) atoms. The van der Waals surface area contributed by atoms with Gasteiger partial charge in [0, 0.05) is 20.0 Å². The molecule has 6 nitrogen and oxygen atoms in total. The van der Waals surface area contributed by atoms with E-state index in [-0.39, 0.29) is 10.8 Å². The standard InChI is InChI=1S/C18H17N3O3S/c1-13(22)21-8-7-15-5-6-18(10-16(15)12-21)25(23,24)20-17-4-2-3-14(9-17)11-19/h2-6,9-10,20H,7-8,12H2,1H3. The minimum atomic E-state index is -3.77. The van der Waals surface area contributed by atoms with E-state index < -0.39 is 10.0 Å². The Labute approximate surface area is 146 Å². The van der Waals surface area contributed by atoms with E-state index in [1.807, 2.05) is 6.07 Å². The molecular weight excluding hydrogens is 338 g/mol. The first-order valence-corrected chi connectivity index (χ1v) is 9.28. The molecule has 0 saturated heterocycles. The minimum absolute atomic E-state index is 0.0228. The summed E-state index contributed by atoms with van der Waals surface area (Å²) in [5.41, 5.74) is 2.61. The van der Waals surface area contributed by atoms with E-state index in [1.54, 1.807) is 41.3 Å². The molecular formula is C18H17N3O3S. The van der Waals surface area contributed by atoms with Gasteiger partial charge >= 0.3 is 0 Å². The third-order valence-corrected chi connectivity index (χ3v) is 5.57. The van der Waals surface area contributed by atoms with Crippen molar-refractivity contribution in [1.82, 2.24) is 4.90 Å². The van der Waals surface area contributed by atoms with Gasteiger partial charge in [0.1, 0.15) is 0 Å². The number of benzene rings is 2. The smallest absolute Gasteiger partial charge is 0.261 e. The Morgan fingerprint density at radius 3 is 2.72 bits per heavy atom. The Bertz CT molecular complexity index is 977. The molecule has 3 rings (SSSR count). The topological polar surface area (TPSA) is 90.3 Å². The van der Waals surface area contributed by atoms with Crippen molar-refractivity contribution in [3.8, 4) is 6.07 Å². The number of amides is 1. The lowest BCUT2D eigenvalue weighted by Crippen LogP contribution is -2.34. The fraction of sp³-hybridized carbons (Fsp3) is 0.222. The second kappa shape index (κ2) is 6.57. The summed E-state index contributed by atoms with van der Waals surface area (Å²) in [7, 11) is -3.77. The molecule has 0 bridgehead atoms. The van der Waals surface area contributed by atoms with Crippen molar-refractivity contribution in [1.29, 1.82) is 5.26 Å². The number of carbonyl (C=O) groups is 1. The molecule has 2 aromatic carbocycles. The van der Waals surface area contributed by atoms with Crippen molar-refractivity contribution in [2.75, 3.05) is 11.3 Å². The summed E-state index contributed by atoms with van der Waals surface area (Å²) in [5, 5.41) is 8.92. The molecule has 0 saturated carbocycles. The second-order valence-corrected chi connectivity index (χ2v) is 7.60. The number of hydrogen-bond acceptors (Lipinski definition) is 4. The van der Waals surface area contributed by atoms with Crippen molar-refractivity contribution in [3.05, 3.63) is 59.2 Å². The fourth-order valence-corrected chi connectivity index (χ4v) is 3.94. The predicted molar refractivity (Wildman–Crippen MR) is 93.2 cm³/mol. The van der Waals surface area contributed by atoms with Crippen LogP contribution in [0.15, 0.2) is 47.4 Å². The Morgan fingerprint density at radius 1 is 1.20 bits per heavy atom. The van der Waals surface area contributed by atoms with Gasteiger partial charge in [0.15, 0.2) is 0 Å². The van der Waals surface area contributed by atoms with Gasteiger partial charge in [-0.3, -0.25) is 9.52 Å². The van der Waals surface area contributed by atoms with E-state index >= 15 is 0 Å². The molecule has 1 amide bonds. The summed E-state index contributed by atoms with van der Waals surface area (Å²) in [5.74, 6) is -0.0228. The molecule has 0 aromatic heterocycles. The number of sulfonamides is 1. The number of carbonyl (C=O) groups excluding carboxylic acids is 1. The zero-order chi connectivity index (χ0) is 18.0. The third-order valence-electron chi connectivity index (χ3n) is 4.19. The number of fused-ring (bicyclic) bond motifs is 1. The molecule has 1 aliphatic rings. The molecule has 2 aromatic rings. The van der Waals surface area contributed by atoms with Crippen molar-refractivity contribution in [3.63, 3.8) is 0 Å². The highest BCUT2D eigenvalue weighted by molar-refractivity contribution is 7.92. The van der Waals surface area contributed by atoms with E-state index in [9.17, 15) is 13.2 Å². The molecule has 0 fully saturated rings. The Kier molecular flexibility index (Phi) is 4.47. The van der Waals surface area contributed by atoms with Crippen LogP contribution in [0.2, 0.25) is 0 Å². The summed E-state index contributed by atoms with van der Waals surface area (Å²) in [6, 6.07) is 13.3. The van der Waals surface area contributed by atoms with Crippen LogP contribution in [-0.4, -0.2) is 25.8 Å². The molecule has 0 atom stereocenters. The van der Waals surface area contributed by atoms with Crippen LogP contribution >= 0.6 is 0 Å². The highest BCUT2D eigenvalue weighted by Crippen LogP contribution is 2.24. The lowest BCUT2D eigenvalue weighted by atomic mass is 10.00. The SMILES string of the molecule is CC(=O)N1CCc2ccc(S(=O)(=O)Nc3cccc(C#N)c3)cc2C1. The highest BCUT2D eigenvalue weighted by atomic mass is 32.2. The maximum Gasteiger partial charge on any atom is 0.261 e. The fourth-order valence-electron chi connectivity index (χ4n) is 2.84. The first-order chi connectivity index (χ1) is 11.9. The number of hydrogen-bond donors (Lipinski definition) is 1. The van der Waals surface area contributed by atoms with Gasteiger partial charge in [-0.1, -0.05) is 12.1 Å². The summed E-state index contributed by atoms with van der Waals surface area (Å²) in [4.78, 5) is 13.4. The number of anilines is 1.